The lowest BCUT2D eigenvalue weighted by Gasteiger charge is -2.34. The number of ether oxygens (including phenoxy) is 3. The summed E-state index contributed by atoms with van der Waals surface area (Å²) in [6.45, 7) is 7.46. The van der Waals surface area contributed by atoms with Gasteiger partial charge in [-0.3, -0.25) is 19.7 Å². The van der Waals surface area contributed by atoms with Crippen LogP contribution in [0.15, 0.2) is 18.2 Å². The minimum atomic E-state index is -2.02. The van der Waals surface area contributed by atoms with Gasteiger partial charge in [-0.05, 0) is 57.2 Å². The molecule has 1 aromatic carbocycles. The molecule has 9 nitrogen and oxygen atoms in total. The molecule has 0 heterocycles. The maximum Gasteiger partial charge on any atom is 0.364 e. The Hall–Kier alpha value is -2.94. The number of carboxylic acids is 1. The lowest BCUT2D eigenvalue weighted by molar-refractivity contribution is -0.188. The van der Waals surface area contributed by atoms with Gasteiger partial charge in [-0.2, -0.15) is 0 Å². The molecule has 1 atom stereocenters. The molecule has 1 saturated carbocycles. The number of carboxylic acid groups (broad SMARTS) is 1. The van der Waals surface area contributed by atoms with Gasteiger partial charge in [-0.25, -0.2) is 4.79 Å². The average Bonchev–Trinajstić information content (AvgIpc) is 2.87. The first-order valence-electron chi connectivity index (χ1n) is 13.9. The molecule has 0 radical (unpaired) electrons. The number of unbranched alkanes of at least 4 members (excludes halogenated alkanes) is 2. The predicted octanol–water partition coefficient (Wildman–Crippen LogP) is 5.32. The van der Waals surface area contributed by atoms with Crippen LogP contribution in [0.4, 0.5) is 0 Å². The Morgan fingerprint density at radius 1 is 0.947 bits per heavy atom. The average molecular weight is 534 g/mol. The van der Waals surface area contributed by atoms with E-state index in [0.717, 1.165) is 32.1 Å². The van der Waals surface area contributed by atoms with Gasteiger partial charge in [0.2, 0.25) is 0 Å². The van der Waals surface area contributed by atoms with Crippen molar-refractivity contribution in [1.29, 1.82) is 0 Å². The molecule has 0 aliphatic heterocycles. The van der Waals surface area contributed by atoms with Gasteiger partial charge in [0.1, 0.15) is 0 Å². The Labute approximate surface area is 225 Å². The van der Waals surface area contributed by atoms with Crippen LogP contribution in [-0.2, 0) is 30.3 Å². The monoisotopic (exact) mass is 533 g/mol. The maximum atomic E-state index is 13.0. The Kier molecular flexibility index (Phi) is 12.7. The van der Waals surface area contributed by atoms with E-state index in [0.29, 0.717) is 31.2 Å². The van der Waals surface area contributed by atoms with E-state index in [2.05, 4.69) is 5.32 Å². The molecule has 0 saturated heterocycles. The zero-order valence-corrected chi connectivity index (χ0v) is 23.2. The van der Waals surface area contributed by atoms with E-state index in [1.165, 1.54) is 12.1 Å². The fraction of sp³-hybridized carbons (Fsp3) is 0.655. The summed E-state index contributed by atoms with van der Waals surface area (Å²) in [5, 5.41) is 13.2. The largest absolute Gasteiger partial charge is 0.477 e. The fourth-order valence-corrected chi connectivity index (χ4v) is 4.46. The molecule has 0 aromatic heterocycles. The summed E-state index contributed by atoms with van der Waals surface area (Å²) >= 11 is 0. The number of hydrogen-bond acceptors (Lipinski definition) is 8. The zero-order valence-electron chi connectivity index (χ0n) is 23.2. The number of carbonyl (C=O) groups excluding carboxylic acids is 3. The van der Waals surface area contributed by atoms with Crippen molar-refractivity contribution in [1.82, 2.24) is 5.32 Å². The van der Waals surface area contributed by atoms with E-state index in [1.54, 1.807) is 19.9 Å². The zero-order chi connectivity index (χ0) is 28.1. The van der Waals surface area contributed by atoms with Gasteiger partial charge in [0.15, 0.2) is 11.5 Å². The summed E-state index contributed by atoms with van der Waals surface area (Å²) in [6, 6.07) is 4.22. The number of carbonyl (C=O) groups is 4. The molecule has 1 fully saturated rings. The van der Waals surface area contributed by atoms with Crippen molar-refractivity contribution in [2.75, 3.05) is 0 Å². The molecule has 1 aliphatic carbocycles. The van der Waals surface area contributed by atoms with Crippen LogP contribution < -0.4 is 14.8 Å². The summed E-state index contributed by atoms with van der Waals surface area (Å²) in [5.41, 5.74) is -1.59. The van der Waals surface area contributed by atoms with E-state index in [1.807, 2.05) is 13.8 Å². The van der Waals surface area contributed by atoms with Crippen LogP contribution in [0.1, 0.15) is 104 Å². The third-order valence-electron chi connectivity index (χ3n) is 6.46. The quantitative estimate of drug-likeness (QED) is 0.175. The molecular weight excluding hydrogens is 490 g/mol. The minimum Gasteiger partial charge on any atom is -0.477 e. The lowest BCUT2D eigenvalue weighted by atomic mass is 9.89. The normalized spacial score (nSPS) is 15.5. The van der Waals surface area contributed by atoms with Gasteiger partial charge in [0.05, 0.1) is 5.92 Å². The Morgan fingerprint density at radius 3 is 2.05 bits per heavy atom. The topological polar surface area (TPSA) is 128 Å². The van der Waals surface area contributed by atoms with Crippen molar-refractivity contribution >= 4 is 23.9 Å². The lowest BCUT2D eigenvalue weighted by Crippen LogP contribution is -2.59. The summed E-state index contributed by atoms with van der Waals surface area (Å²) < 4.78 is 16.7. The number of esters is 3. The van der Waals surface area contributed by atoms with Crippen LogP contribution in [0, 0.1) is 5.92 Å². The van der Waals surface area contributed by atoms with Gasteiger partial charge >= 0.3 is 23.9 Å². The van der Waals surface area contributed by atoms with Crippen molar-refractivity contribution in [3.63, 3.8) is 0 Å². The predicted molar refractivity (Wildman–Crippen MR) is 142 cm³/mol. The van der Waals surface area contributed by atoms with Gasteiger partial charge in [-0.15, -0.1) is 0 Å². The number of hydrogen-bond donors (Lipinski definition) is 2. The van der Waals surface area contributed by atoms with Crippen molar-refractivity contribution in [2.24, 2.45) is 5.92 Å². The molecule has 0 amide bonds. The molecule has 9 heteroatoms. The molecule has 1 aliphatic rings. The maximum absolute atomic E-state index is 13.0. The molecule has 38 heavy (non-hydrogen) atoms. The van der Waals surface area contributed by atoms with E-state index in [-0.39, 0.29) is 42.7 Å². The highest BCUT2D eigenvalue weighted by Gasteiger charge is 2.45. The third kappa shape index (κ3) is 9.74. The van der Waals surface area contributed by atoms with E-state index in [9.17, 15) is 24.3 Å². The molecule has 212 valence electrons. The number of nitrogens with one attached hydrogen (secondary N) is 1. The summed E-state index contributed by atoms with van der Waals surface area (Å²) in [5.74, 6) is -3.03. The molecule has 0 bridgehead atoms. The highest BCUT2D eigenvalue weighted by Crippen LogP contribution is 2.32. The van der Waals surface area contributed by atoms with Crippen LogP contribution in [0.2, 0.25) is 0 Å². The standard InChI is InChI=1S/C29H43NO8/c1-5-7-14-25(31)36-23-17-16-21(18-24(23)37-26(32)15-8-6-2)19-29(28(34)35,30-20(3)4)38-27(33)22-12-10-9-11-13-22/h16-18,20,22,30H,5-15,19H2,1-4H3,(H,34,35)/t29-/m0/s1. The highest BCUT2D eigenvalue weighted by atomic mass is 16.6. The summed E-state index contributed by atoms with van der Waals surface area (Å²) in [4.78, 5) is 50.3. The van der Waals surface area contributed by atoms with Crippen LogP contribution >= 0.6 is 0 Å². The smallest absolute Gasteiger partial charge is 0.364 e. The third-order valence-corrected chi connectivity index (χ3v) is 6.46. The summed E-state index contributed by atoms with van der Waals surface area (Å²) in [6.07, 6.45) is 7.34. The van der Waals surface area contributed by atoms with Gasteiger partial charge in [-0.1, -0.05) is 52.0 Å². The fourth-order valence-electron chi connectivity index (χ4n) is 4.46. The second-order valence-corrected chi connectivity index (χ2v) is 10.3. The van der Waals surface area contributed by atoms with Crippen molar-refractivity contribution in [2.45, 2.75) is 117 Å². The molecular formula is C29H43NO8. The van der Waals surface area contributed by atoms with E-state index >= 15 is 0 Å². The Bertz CT molecular complexity index is 954. The van der Waals surface area contributed by atoms with Crippen LogP contribution in [0.5, 0.6) is 11.5 Å². The Morgan fingerprint density at radius 2 is 1.53 bits per heavy atom. The minimum absolute atomic E-state index is 0.0240. The second kappa shape index (κ2) is 15.5. The first kappa shape index (κ1) is 31.3. The Balaban J connectivity index is 2.38. The van der Waals surface area contributed by atoms with Gasteiger partial charge in [0.25, 0.3) is 5.72 Å². The number of benzene rings is 1. The van der Waals surface area contributed by atoms with Crippen molar-refractivity contribution in [3.8, 4) is 11.5 Å². The molecule has 2 rings (SSSR count). The van der Waals surface area contributed by atoms with Crippen molar-refractivity contribution in [3.05, 3.63) is 23.8 Å². The number of rotatable bonds is 15. The van der Waals surface area contributed by atoms with E-state index in [4.69, 9.17) is 14.2 Å². The summed E-state index contributed by atoms with van der Waals surface area (Å²) in [7, 11) is 0. The van der Waals surface area contributed by atoms with Crippen LogP contribution in [-0.4, -0.2) is 40.8 Å². The van der Waals surface area contributed by atoms with Gasteiger partial charge in [0, 0.05) is 25.3 Å². The van der Waals surface area contributed by atoms with Crippen LogP contribution in [0.3, 0.4) is 0 Å². The second-order valence-electron chi connectivity index (χ2n) is 10.3. The van der Waals surface area contributed by atoms with Crippen LogP contribution in [0.25, 0.3) is 0 Å². The SMILES string of the molecule is CCCCC(=O)Oc1ccc(C[C@](NC(C)C)(OC(=O)C2CCCCC2)C(=O)O)cc1OC(=O)CCCC. The van der Waals surface area contributed by atoms with Gasteiger partial charge < -0.3 is 19.3 Å². The van der Waals surface area contributed by atoms with E-state index < -0.39 is 29.6 Å². The molecule has 0 spiro atoms. The first-order chi connectivity index (χ1) is 18.1. The van der Waals surface area contributed by atoms with Crippen molar-refractivity contribution < 1.29 is 38.5 Å². The number of aliphatic carboxylic acids is 1. The highest BCUT2D eigenvalue weighted by molar-refractivity contribution is 5.83. The first-order valence-corrected chi connectivity index (χ1v) is 13.9. The molecule has 2 N–H and O–H groups in total. The molecule has 0 unspecified atom stereocenters. The molecule has 1 aromatic rings.